The molecule has 1 aromatic rings. The van der Waals surface area contributed by atoms with Gasteiger partial charge in [-0.25, -0.2) is 0 Å². The van der Waals surface area contributed by atoms with E-state index in [1.54, 1.807) is 0 Å². The van der Waals surface area contributed by atoms with Gasteiger partial charge in [0, 0.05) is 25.0 Å². The van der Waals surface area contributed by atoms with Crippen molar-refractivity contribution in [2.45, 2.75) is 49.6 Å². The summed E-state index contributed by atoms with van der Waals surface area (Å²) >= 11 is 0. The van der Waals surface area contributed by atoms with Gasteiger partial charge in [-0.1, -0.05) is 30.3 Å². The lowest BCUT2D eigenvalue weighted by atomic mass is 9.62. The molecule has 0 saturated heterocycles. The molecule has 4 heteroatoms. The molecule has 0 radical (unpaired) electrons. The predicted molar refractivity (Wildman–Crippen MR) is 80.5 cm³/mol. The van der Waals surface area contributed by atoms with Crippen LogP contribution in [-0.2, 0) is 10.2 Å². The summed E-state index contributed by atoms with van der Waals surface area (Å²) in [6.45, 7) is 0.694. The lowest BCUT2D eigenvalue weighted by Crippen LogP contribution is -2.51. The predicted octanol–water partition coefficient (Wildman–Crippen LogP) is 1.87. The van der Waals surface area contributed by atoms with Gasteiger partial charge in [0.25, 0.3) is 0 Å². The lowest BCUT2D eigenvalue weighted by molar-refractivity contribution is -0.121. The van der Waals surface area contributed by atoms with Crippen molar-refractivity contribution >= 4 is 5.91 Å². The van der Waals surface area contributed by atoms with Gasteiger partial charge < -0.3 is 10.6 Å². The molecule has 0 spiro atoms. The highest BCUT2D eigenvalue weighted by Gasteiger charge is 2.45. The maximum Gasteiger partial charge on any atom is 0.221 e. The summed E-state index contributed by atoms with van der Waals surface area (Å²) in [5.41, 5.74) is 0.770. The molecule has 2 aliphatic rings. The molecular weight excluding hydrogens is 262 g/mol. The van der Waals surface area contributed by atoms with Crippen molar-refractivity contribution in [1.29, 1.82) is 5.26 Å². The molecule has 2 N–H and O–H groups in total. The van der Waals surface area contributed by atoms with Crippen molar-refractivity contribution in [3.63, 3.8) is 0 Å². The Bertz CT molecular complexity index is 539. The van der Waals surface area contributed by atoms with Crippen molar-refractivity contribution < 1.29 is 4.79 Å². The van der Waals surface area contributed by atoms with E-state index in [4.69, 9.17) is 0 Å². The Morgan fingerprint density at radius 3 is 2.57 bits per heavy atom. The van der Waals surface area contributed by atoms with Gasteiger partial charge in [0.15, 0.2) is 0 Å². The first-order chi connectivity index (χ1) is 10.2. The average Bonchev–Trinajstić information content (AvgIpc) is 3.26. The normalized spacial score (nSPS) is 27.5. The van der Waals surface area contributed by atoms with Crippen molar-refractivity contribution in [2.75, 3.05) is 6.54 Å². The minimum atomic E-state index is -0.338. The highest BCUT2D eigenvalue weighted by Crippen LogP contribution is 2.43. The minimum absolute atomic E-state index is 0.138. The van der Waals surface area contributed by atoms with E-state index in [2.05, 4.69) is 16.7 Å². The summed E-state index contributed by atoms with van der Waals surface area (Å²) < 4.78 is 0. The highest BCUT2D eigenvalue weighted by molar-refractivity contribution is 5.76. The molecule has 1 amide bonds. The SMILES string of the molecule is N#CC1(c2ccccc2)CC(NCCC(=O)NC2CC2)C1. The van der Waals surface area contributed by atoms with Crippen LogP contribution in [0.25, 0.3) is 0 Å². The Kier molecular flexibility index (Phi) is 3.94. The second kappa shape index (κ2) is 5.87. The summed E-state index contributed by atoms with van der Waals surface area (Å²) in [6, 6.07) is 13.3. The van der Waals surface area contributed by atoms with Gasteiger partial charge in [-0.15, -0.1) is 0 Å². The van der Waals surface area contributed by atoms with Crippen LogP contribution in [0.1, 0.15) is 37.7 Å². The Morgan fingerprint density at radius 2 is 1.95 bits per heavy atom. The summed E-state index contributed by atoms with van der Waals surface area (Å²) in [6.07, 6.45) is 4.44. The topological polar surface area (TPSA) is 64.9 Å². The Morgan fingerprint density at radius 1 is 1.24 bits per heavy atom. The van der Waals surface area contributed by atoms with Crippen LogP contribution in [0.5, 0.6) is 0 Å². The number of rotatable bonds is 6. The van der Waals surface area contributed by atoms with Gasteiger partial charge in [0.05, 0.1) is 11.5 Å². The molecule has 3 rings (SSSR count). The fourth-order valence-corrected chi connectivity index (χ4v) is 2.99. The Balaban J connectivity index is 1.42. The molecule has 21 heavy (non-hydrogen) atoms. The van der Waals surface area contributed by atoms with E-state index in [0.29, 0.717) is 25.0 Å². The molecule has 2 fully saturated rings. The number of nitriles is 1. The number of nitrogens with zero attached hydrogens (tertiary/aromatic N) is 1. The molecule has 0 bridgehead atoms. The van der Waals surface area contributed by atoms with Gasteiger partial charge in [-0.3, -0.25) is 4.79 Å². The first-order valence-electron chi connectivity index (χ1n) is 7.71. The third-order valence-corrected chi connectivity index (χ3v) is 4.46. The Labute approximate surface area is 125 Å². The lowest BCUT2D eigenvalue weighted by Gasteiger charge is -2.43. The third-order valence-electron chi connectivity index (χ3n) is 4.46. The van der Waals surface area contributed by atoms with Crippen LogP contribution in [0.3, 0.4) is 0 Å². The zero-order chi connectivity index (χ0) is 14.7. The van der Waals surface area contributed by atoms with Gasteiger partial charge in [0.2, 0.25) is 5.91 Å². The van der Waals surface area contributed by atoms with Crippen molar-refractivity contribution in [2.24, 2.45) is 0 Å². The van der Waals surface area contributed by atoms with Crippen LogP contribution < -0.4 is 10.6 Å². The number of hydrogen-bond acceptors (Lipinski definition) is 3. The zero-order valence-corrected chi connectivity index (χ0v) is 12.1. The fraction of sp³-hybridized carbons (Fsp3) is 0.529. The van der Waals surface area contributed by atoms with Crippen molar-refractivity contribution in [1.82, 2.24) is 10.6 Å². The molecule has 0 aromatic heterocycles. The van der Waals surface area contributed by atoms with Crippen LogP contribution >= 0.6 is 0 Å². The van der Waals surface area contributed by atoms with Gasteiger partial charge >= 0.3 is 0 Å². The third kappa shape index (κ3) is 3.25. The average molecular weight is 283 g/mol. The van der Waals surface area contributed by atoms with E-state index < -0.39 is 0 Å². The minimum Gasteiger partial charge on any atom is -0.353 e. The van der Waals surface area contributed by atoms with E-state index in [-0.39, 0.29) is 11.3 Å². The molecule has 4 nitrogen and oxygen atoms in total. The number of amides is 1. The fourth-order valence-electron chi connectivity index (χ4n) is 2.99. The van der Waals surface area contributed by atoms with E-state index >= 15 is 0 Å². The molecular formula is C17H21N3O. The van der Waals surface area contributed by atoms with Crippen LogP contribution in [0, 0.1) is 11.3 Å². The van der Waals surface area contributed by atoms with E-state index in [9.17, 15) is 10.1 Å². The molecule has 0 unspecified atom stereocenters. The number of benzene rings is 1. The van der Waals surface area contributed by atoms with Gasteiger partial charge in [-0.05, 0) is 31.2 Å². The standard InChI is InChI=1S/C17H21N3O/c18-12-17(13-4-2-1-3-5-13)10-15(11-17)19-9-8-16(21)20-14-6-7-14/h1-5,14-15,19H,6-11H2,(H,20,21). The molecule has 0 aliphatic heterocycles. The van der Waals surface area contributed by atoms with Gasteiger partial charge in [0.1, 0.15) is 0 Å². The first kappa shape index (κ1) is 14.1. The monoisotopic (exact) mass is 283 g/mol. The Hall–Kier alpha value is -1.86. The molecule has 1 aromatic carbocycles. The molecule has 0 atom stereocenters. The van der Waals surface area contributed by atoms with E-state index in [0.717, 1.165) is 31.2 Å². The van der Waals surface area contributed by atoms with Gasteiger partial charge in [-0.2, -0.15) is 5.26 Å². The first-order valence-corrected chi connectivity index (χ1v) is 7.71. The van der Waals surface area contributed by atoms with Crippen LogP contribution in [0.4, 0.5) is 0 Å². The summed E-state index contributed by atoms with van der Waals surface area (Å²) in [4.78, 5) is 11.6. The number of carbonyl (C=O) groups excluding carboxylic acids is 1. The zero-order valence-electron chi connectivity index (χ0n) is 12.1. The summed E-state index contributed by atoms with van der Waals surface area (Å²) in [5, 5.41) is 15.9. The van der Waals surface area contributed by atoms with Crippen LogP contribution in [0.2, 0.25) is 0 Å². The van der Waals surface area contributed by atoms with E-state index in [1.165, 1.54) is 0 Å². The largest absolute Gasteiger partial charge is 0.353 e. The van der Waals surface area contributed by atoms with Crippen LogP contribution in [0.15, 0.2) is 30.3 Å². The summed E-state index contributed by atoms with van der Waals surface area (Å²) in [7, 11) is 0. The summed E-state index contributed by atoms with van der Waals surface area (Å²) in [5.74, 6) is 0.138. The van der Waals surface area contributed by atoms with Crippen molar-refractivity contribution in [3.05, 3.63) is 35.9 Å². The maximum atomic E-state index is 11.6. The second-order valence-corrected chi connectivity index (χ2v) is 6.21. The molecule has 2 saturated carbocycles. The molecule has 0 heterocycles. The molecule has 110 valence electrons. The molecule has 2 aliphatic carbocycles. The highest BCUT2D eigenvalue weighted by atomic mass is 16.1. The smallest absolute Gasteiger partial charge is 0.221 e. The van der Waals surface area contributed by atoms with Crippen molar-refractivity contribution in [3.8, 4) is 6.07 Å². The maximum absolute atomic E-state index is 11.6. The number of nitrogens with one attached hydrogen (secondary N) is 2. The second-order valence-electron chi connectivity index (χ2n) is 6.21. The van der Waals surface area contributed by atoms with E-state index in [1.807, 2.05) is 30.3 Å². The quantitative estimate of drug-likeness (QED) is 0.837. The number of carbonyl (C=O) groups is 1. The van der Waals surface area contributed by atoms with Crippen LogP contribution in [-0.4, -0.2) is 24.5 Å². The number of hydrogen-bond donors (Lipinski definition) is 2.